The minimum atomic E-state index is -4.10. The molecule has 0 aliphatic carbocycles. The molecule has 0 radical (unpaired) electrons. The topological polar surface area (TPSA) is 47.3 Å². The van der Waals surface area contributed by atoms with E-state index in [9.17, 15) is 13.2 Å². The Morgan fingerprint density at radius 1 is 1.32 bits per heavy atom. The van der Waals surface area contributed by atoms with Crippen LogP contribution in [0.4, 0.5) is 24.5 Å². The van der Waals surface area contributed by atoms with Gasteiger partial charge >= 0.3 is 6.18 Å². The Morgan fingerprint density at radius 2 is 2.00 bits per heavy atom. The Balaban J connectivity index is 2.50. The van der Waals surface area contributed by atoms with E-state index in [1.807, 2.05) is 13.8 Å². The molecule has 0 saturated heterocycles. The van der Waals surface area contributed by atoms with Crippen LogP contribution in [0.2, 0.25) is 0 Å². The van der Waals surface area contributed by atoms with Gasteiger partial charge in [0.15, 0.2) is 0 Å². The van der Waals surface area contributed by atoms with Crippen LogP contribution >= 0.6 is 0 Å². The van der Waals surface area contributed by atoms with Gasteiger partial charge in [-0.2, -0.15) is 13.2 Å². The largest absolute Gasteiger partial charge is 0.489 e. The minimum absolute atomic E-state index is 0.0113. The van der Waals surface area contributed by atoms with E-state index in [1.165, 1.54) is 0 Å². The van der Waals surface area contributed by atoms with Crippen LogP contribution in [0, 0.1) is 0 Å². The highest BCUT2D eigenvalue weighted by Gasteiger charge is 2.25. The van der Waals surface area contributed by atoms with E-state index in [0.29, 0.717) is 17.1 Å². The van der Waals surface area contributed by atoms with Crippen molar-refractivity contribution in [2.75, 3.05) is 17.6 Å². The third-order valence-corrected chi connectivity index (χ3v) is 2.34. The highest BCUT2D eigenvalue weighted by Crippen LogP contribution is 2.27. The molecule has 0 bridgehead atoms. The first kappa shape index (κ1) is 15.5. The van der Waals surface area contributed by atoms with E-state index < -0.39 is 12.6 Å². The molecule has 0 unspecified atom stereocenters. The van der Waals surface area contributed by atoms with Crippen LogP contribution in [-0.4, -0.2) is 18.8 Å². The lowest BCUT2D eigenvalue weighted by atomic mass is 10.2. The Kier molecular flexibility index (Phi) is 5.32. The zero-order valence-electron chi connectivity index (χ0n) is 11.1. The van der Waals surface area contributed by atoms with Gasteiger partial charge in [-0.15, -0.1) is 0 Å². The molecule has 3 nitrogen and oxygen atoms in total. The highest BCUT2D eigenvalue weighted by atomic mass is 19.4. The van der Waals surface area contributed by atoms with Crippen molar-refractivity contribution in [1.29, 1.82) is 0 Å². The van der Waals surface area contributed by atoms with Crippen LogP contribution in [0.5, 0.6) is 5.75 Å². The van der Waals surface area contributed by atoms with Gasteiger partial charge in [-0.25, -0.2) is 0 Å². The standard InChI is InChI=1S/C13H19F3N2O/c1-9(2)19-12-8-10(4-5-11(12)17)18-7-3-6-13(14,15)16/h4-5,8-9,18H,3,6-7,17H2,1-2H3. The second kappa shape index (κ2) is 6.54. The van der Waals surface area contributed by atoms with Crippen LogP contribution in [0.1, 0.15) is 26.7 Å². The number of hydrogen-bond acceptors (Lipinski definition) is 3. The number of ether oxygens (including phenoxy) is 1. The van der Waals surface area contributed by atoms with Crippen LogP contribution in [0.3, 0.4) is 0 Å². The summed E-state index contributed by atoms with van der Waals surface area (Å²) < 4.78 is 41.4. The van der Waals surface area contributed by atoms with Crippen molar-refractivity contribution >= 4 is 11.4 Å². The lowest BCUT2D eigenvalue weighted by Crippen LogP contribution is -2.11. The maximum atomic E-state index is 12.0. The Bertz CT molecular complexity index is 405. The summed E-state index contributed by atoms with van der Waals surface area (Å²) in [6, 6.07) is 5.09. The summed E-state index contributed by atoms with van der Waals surface area (Å²) in [5.41, 5.74) is 6.96. The summed E-state index contributed by atoms with van der Waals surface area (Å²) in [5.74, 6) is 0.538. The summed E-state index contributed by atoms with van der Waals surface area (Å²) in [5, 5.41) is 2.92. The fourth-order valence-corrected chi connectivity index (χ4v) is 1.52. The molecule has 0 saturated carbocycles. The zero-order valence-corrected chi connectivity index (χ0v) is 11.1. The van der Waals surface area contributed by atoms with Crippen molar-refractivity contribution in [1.82, 2.24) is 0 Å². The van der Waals surface area contributed by atoms with Gasteiger partial charge in [-0.3, -0.25) is 0 Å². The van der Waals surface area contributed by atoms with Gasteiger partial charge < -0.3 is 15.8 Å². The predicted molar refractivity (Wildman–Crippen MR) is 70.4 cm³/mol. The van der Waals surface area contributed by atoms with Crippen LogP contribution in [-0.2, 0) is 0 Å². The average molecular weight is 276 g/mol. The molecule has 0 aromatic heterocycles. The fourth-order valence-electron chi connectivity index (χ4n) is 1.52. The third kappa shape index (κ3) is 6.22. The fraction of sp³-hybridized carbons (Fsp3) is 0.538. The van der Waals surface area contributed by atoms with E-state index in [1.54, 1.807) is 18.2 Å². The lowest BCUT2D eigenvalue weighted by Gasteiger charge is -2.14. The van der Waals surface area contributed by atoms with Crippen LogP contribution in [0.25, 0.3) is 0 Å². The molecular formula is C13H19F3N2O. The first-order chi connectivity index (χ1) is 8.78. The number of nitrogen functional groups attached to an aromatic ring is 1. The molecule has 1 aromatic carbocycles. The molecule has 3 N–H and O–H groups in total. The Morgan fingerprint density at radius 3 is 2.58 bits per heavy atom. The molecule has 0 fully saturated rings. The van der Waals surface area contributed by atoms with E-state index in [0.717, 1.165) is 0 Å². The smallest absolute Gasteiger partial charge is 0.389 e. The summed E-state index contributed by atoms with van der Waals surface area (Å²) in [7, 11) is 0. The van der Waals surface area contributed by atoms with Crippen molar-refractivity contribution in [2.24, 2.45) is 0 Å². The van der Waals surface area contributed by atoms with Crippen molar-refractivity contribution in [3.63, 3.8) is 0 Å². The van der Waals surface area contributed by atoms with Gasteiger partial charge in [-0.05, 0) is 32.4 Å². The summed E-state index contributed by atoms with van der Waals surface area (Å²) in [6.07, 6.45) is -4.87. The maximum absolute atomic E-state index is 12.0. The monoisotopic (exact) mass is 276 g/mol. The molecule has 108 valence electrons. The normalized spacial score (nSPS) is 11.7. The quantitative estimate of drug-likeness (QED) is 0.613. The van der Waals surface area contributed by atoms with Crippen molar-refractivity contribution in [3.05, 3.63) is 18.2 Å². The third-order valence-electron chi connectivity index (χ3n) is 2.34. The van der Waals surface area contributed by atoms with Crippen molar-refractivity contribution < 1.29 is 17.9 Å². The maximum Gasteiger partial charge on any atom is 0.389 e. The van der Waals surface area contributed by atoms with E-state index in [2.05, 4.69) is 5.32 Å². The van der Waals surface area contributed by atoms with Gasteiger partial charge in [-0.1, -0.05) is 0 Å². The number of benzene rings is 1. The molecule has 0 aliphatic heterocycles. The average Bonchev–Trinajstić information content (AvgIpc) is 2.26. The van der Waals surface area contributed by atoms with Gasteiger partial charge in [0.05, 0.1) is 11.8 Å². The SMILES string of the molecule is CC(C)Oc1cc(NCCCC(F)(F)F)ccc1N. The first-order valence-electron chi connectivity index (χ1n) is 6.15. The van der Waals surface area contributed by atoms with Crippen molar-refractivity contribution in [3.8, 4) is 5.75 Å². The summed E-state index contributed by atoms with van der Waals surface area (Å²) in [6.45, 7) is 4.01. The zero-order chi connectivity index (χ0) is 14.5. The number of halogens is 3. The number of hydrogen-bond donors (Lipinski definition) is 2. The number of anilines is 2. The Labute approximate surface area is 110 Å². The molecule has 0 amide bonds. The molecule has 6 heteroatoms. The molecule has 1 aromatic rings. The molecular weight excluding hydrogens is 257 g/mol. The summed E-state index contributed by atoms with van der Waals surface area (Å²) in [4.78, 5) is 0. The molecule has 0 spiro atoms. The molecule has 0 aliphatic rings. The van der Waals surface area contributed by atoms with Gasteiger partial charge in [0.2, 0.25) is 0 Å². The van der Waals surface area contributed by atoms with Gasteiger partial charge in [0.25, 0.3) is 0 Å². The molecule has 0 heterocycles. The van der Waals surface area contributed by atoms with E-state index >= 15 is 0 Å². The second-order valence-electron chi connectivity index (χ2n) is 4.56. The number of rotatable bonds is 6. The second-order valence-corrected chi connectivity index (χ2v) is 4.56. The number of nitrogens with one attached hydrogen (secondary N) is 1. The molecule has 19 heavy (non-hydrogen) atoms. The van der Waals surface area contributed by atoms with Crippen LogP contribution in [0.15, 0.2) is 18.2 Å². The minimum Gasteiger partial charge on any atom is -0.489 e. The highest BCUT2D eigenvalue weighted by molar-refractivity contribution is 5.61. The predicted octanol–water partition coefficient (Wildman–Crippen LogP) is 3.81. The molecule has 0 atom stereocenters. The Hall–Kier alpha value is -1.59. The number of alkyl halides is 3. The van der Waals surface area contributed by atoms with Crippen molar-refractivity contribution in [2.45, 2.75) is 39.0 Å². The summed E-state index contributed by atoms with van der Waals surface area (Å²) >= 11 is 0. The van der Waals surface area contributed by atoms with Gasteiger partial charge in [0, 0.05) is 24.7 Å². The molecule has 1 rings (SSSR count). The number of nitrogens with two attached hydrogens (primary N) is 1. The lowest BCUT2D eigenvalue weighted by molar-refractivity contribution is -0.134. The first-order valence-corrected chi connectivity index (χ1v) is 6.15. The van der Waals surface area contributed by atoms with E-state index in [-0.39, 0.29) is 19.1 Å². The van der Waals surface area contributed by atoms with E-state index in [4.69, 9.17) is 10.5 Å². The van der Waals surface area contributed by atoms with Crippen LogP contribution < -0.4 is 15.8 Å². The van der Waals surface area contributed by atoms with Gasteiger partial charge in [0.1, 0.15) is 5.75 Å².